The molecule has 1 rings (SSSR count). The molecule has 6 heteroatoms. The summed E-state index contributed by atoms with van der Waals surface area (Å²) in [6.45, 7) is 0. The van der Waals surface area contributed by atoms with Crippen molar-refractivity contribution in [2.24, 2.45) is 0 Å². The van der Waals surface area contributed by atoms with Gasteiger partial charge in [0.15, 0.2) is 6.23 Å². The lowest BCUT2D eigenvalue weighted by molar-refractivity contribution is -0.326. The minimum absolute atomic E-state index is 0.0664. The molecule has 2 unspecified atom stereocenters. The maximum Gasteiger partial charge on any atom is 0.160 e. The summed E-state index contributed by atoms with van der Waals surface area (Å²) < 4.78 is 0. The fraction of sp³-hybridized carbons (Fsp3) is 1.00. The highest BCUT2D eigenvalue weighted by Crippen LogP contribution is 2.36. The first-order valence-electron chi connectivity index (χ1n) is 3.97. The van der Waals surface area contributed by atoms with Crippen molar-refractivity contribution >= 4 is 0 Å². The van der Waals surface area contributed by atoms with Crippen molar-refractivity contribution in [3.05, 3.63) is 0 Å². The van der Waals surface area contributed by atoms with Crippen LogP contribution in [-0.2, 0) is 4.84 Å². The van der Waals surface area contributed by atoms with E-state index in [9.17, 15) is 15.3 Å². The first-order valence-corrected chi connectivity index (χ1v) is 3.97. The van der Waals surface area contributed by atoms with Gasteiger partial charge in [-0.15, -0.1) is 0 Å². The van der Waals surface area contributed by atoms with Crippen molar-refractivity contribution in [3.8, 4) is 0 Å². The highest BCUT2D eigenvalue weighted by atomic mass is 16.7. The monoisotopic (exact) mass is 193 g/mol. The first kappa shape index (κ1) is 10.8. The third kappa shape index (κ3) is 1.56. The Hall–Kier alpha value is -0.240. The van der Waals surface area contributed by atoms with Crippen molar-refractivity contribution in [1.29, 1.82) is 0 Å². The van der Waals surface area contributed by atoms with Crippen LogP contribution in [0, 0.1) is 0 Å². The second-order valence-electron chi connectivity index (χ2n) is 3.31. The number of aliphatic hydroxyl groups is 4. The molecule has 78 valence electrons. The summed E-state index contributed by atoms with van der Waals surface area (Å²) in [6, 6.07) is 0. The van der Waals surface area contributed by atoms with Gasteiger partial charge in [-0.3, -0.25) is 4.84 Å². The number of hydroxylamine groups is 2. The summed E-state index contributed by atoms with van der Waals surface area (Å²) in [7, 11) is 2.74. The van der Waals surface area contributed by atoms with Gasteiger partial charge in [-0.2, -0.15) is 5.06 Å². The van der Waals surface area contributed by atoms with Crippen LogP contribution in [0.4, 0.5) is 0 Å². The Kier molecular flexibility index (Phi) is 2.91. The zero-order valence-electron chi connectivity index (χ0n) is 7.58. The smallest absolute Gasteiger partial charge is 0.160 e. The lowest BCUT2D eigenvalue weighted by atomic mass is 9.73. The zero-order valence-corrected chi connectivity index (χ0v) is 7.58. The molecule has 0 aromatic heterocycles. The highest BCUT2D eigenvalue weighted by Gasteiger charge is 2.57. The van der Waals surface area contributed by atoms with Crippen LogP contribution in [0.2, 0.25) is 0 Å². The molecule has 0 heterocycles. The summed E-state index contributed by atoms with van der Waals surface area (Å²) in [6.07, 6.45) is -3.73. The van der Waals surface area contributed by atoms with E-state index in [-0.39, 0.29) is 6.42 Å². The summed E-state index contributed by atoms with van der Waals surface area (Å²) in [5, 5.41) is 38.3. The SMILES string of the molecule is CON(C)[C@H](O)C1(O)C[C@@H](O)C1O. The van der Waals surface area contributed by atoms with Gasteiger partial charge in [0.05, 0.1) is 13.2 Å². The molecular formula is C7H15NO5. The van der Waals surface area contributed by atoms with E-state index in [4.69, 9.17) is 5.11 Å². The molecule has 4 atom stereocenters. The summed E-state index contributed by atoms with van der Waals surface area (Å²) in [5.74, 6) is 0. The minimum Gasteiger partial charge on any atom is -0.390 e. The number of rotatable bonds is 3. The van der Waals surface area contributed by atoms with Gasteiger partial charge >= 0.3 is 0 Å². The second-order valence-corrected chi connectivity index (χ2v) is 3.31. The molecule has 0 aromatic carbocycles. The quantitative estimate of drug-likeness (QED) is 0.296. The van der Waals surface area contributed by atoms with E-state index in [0.717, 1.165) is 5.06 Å². The molecule has 0 saturated heterocycles. The Labute approximate surface area is 75.9 Å². The molecule has 13 heavy (non-hydrogen) atoms. The maximum absolute atomic E-state index is 9.64. The van der Waals surface area contributed by atoms with Crippen molar-refractivity contribution in [1.82, 2.24) is 5.06 Å². The molecule has 1 aliphatic rings. The van der Waals surface area contributed by atoms with Crippen LogP contribution in [0.15, 0.2) is 0 Å². The average molecular weight is 193 g/mol. The van der Waals surface area contributed by atoms with E-state index in [1.807, 2.05) is 0 Å². The molecule has 1 saturated carbocycles. The van der Waals surface area contributed by atoms with Gasteiger partial charge in [0, 0.05) is 13.5 Å². The average Bonchev–Trinajstić information content (AvgIpc) is 2.14. The molecule has 0 radical (unpaired) electrons. The molecule has 1 aliphatic carbocycles. The molecule has 0 amide bonds. The number of likely N-dealkylation sites (N-methyl/N-ethyl adjacent to an activating group) is 1. The Balaban J connectivity index is 2.61. The third-order valence-electron chi connectivity index (χ3n) is 2.49. The van der Waals surface area contributed by atoms with Crippen LogP contribution in [0.25, 0.3) is 0 Å². The lowest BCUT2D eigenvalue weighted by Crippen LogP contribution is -2.70. The first-order chi connectivity index (χ1) is 5.93. The van der Waals surface area contributed by atoms with Crippen LogP contribution in [0.1, 0.15) is 6.42 Å². The van der Waals surface area contributed by atoms with E-state index in [1.54, 1.807) is 0 Å². The number of hydrogen-bond donors (Lipinski definition) is 4. The van der Waals surface area contributed by atoms with Gasteiger partial charge in [0.25, 0.3) is 0 Å². The van der Waals surface area contributed by atoms with Crippen LogP contribution in [-0.4, -0.2) is 63.7 Å². The molecule has 6 nitrogen and oxygen atoms in total. The standard InChI is InChI=1S/C7H15NO5/c1-8(13-2)6(11)7(12)3-4(9)5(7)10/h4-6,9-12H,3H2,1-2H3/t4-,5?,6-,7?/m1/s1. The predicted octanol–water partition coefficient (Wildman–Crippen LogP) is -2.35. The van der Waals surface area contributed by atoms with Crippen molar-refractivity contribution in [3.63, 3.8) is 0 Å². The van der Waals surface area contributed by atoms with Gasteiger partial charge in [-0.25, -0.2) is 0 Å². The largest absolute Gasteiger partial charge is 0.390 e. The van der Waals surface area contributed by atoms with E-state index in [1.165, 1.54) is 14.2 Å². The van der Waals surface area contributed by atoms with Crippen LogP contribution in [0.3, 0.4) is 0 Å². The van der Waals surface area contributed by atoms with Crippen molar-refractivity contribution < 1.29 is 25.3 Å². The van der Waals surface area contributed by atoms with Crippen LogP contribution < -0.4 is 0 Å². The normalized spacial score (nSPS) is 41.8. The van der Waals surface area contributed by atoms with Crippen molar-refractivity contribution in [2.45, 2.75) is 30.5 Å². The molecule has 0 spiro atoms. The molecule has 0 aliphatic heterocycles. The van der Waals surface area contributed by atoms with Crippen LogP contribution >= 0.6 is 0 Å². The lowest BCUT2D eigenvalue weighted by Gasteiger charge is -2.49. The molecule has 0 bridgehead atoms. The van der Waals surface area contributed by atoms with Crippen molar-refractivity contribution in [2.75, 3.05) is 14.2 Å². The highest BCUT2D eigenvalue weighted by molar-refractivity contribution is 5.06. The second kappa shape index (κ2) is 3.49. The van der Waals surface area contributed by atoms with E-state index in [2.05, 4.69) is 4.84 Å². The van der Waals surface area contributed by atoms with Crippen LogP contribution in [0.5, 0.6) is 0 Å². The van der Waals surface area contributed by atoms with Gasteiger partial charge in [-0.05, 0) is 0 Å². The Morgan fingerprint density at radius 3 is 2.38 bits per heavy atom. The summed E-state index contributed by atoms with van der Waals surface area (Å²) >= 11 is 0. The van der Waals surface area contributed by atoms with E-state index >= 15 is 0 Å². The molecule has 0 aromatic rings. The van der Waals surface area contributed by atoms with Gasteiger partial charge in [-0.1, -0.05) is 0 Å². The van der Waals surface area contributed by atoms with Gasteiger partial charge in [0.2, 0.25) is 0 Å². The molecule has 1 fully saturated rings. The van der Waals surface area contributed by atoms with E-state index in [0.29, 0.717) is 0 Å². The Bertz CT molecular complexity index is 190. The number of hydrogen-bond acceptors (Lipinski definition) is 6. The molecular weight excluding hydrogens is 178 g/mol. The fourth-order valence-electron chi connectivity index (χ4n) is 1.41. The summed E-state index contributed by atoms with van der Waals surface area (Å²) in [5.41, 5.74) is -1.70. The fourth-order valence-corrected chi connectivity index (χ4v) is 1.41. The Morgan fingerprint density at radius 1 is 1.54 bits per heavy atom. The molecule has 4 N–H and O–H groups in total. The number of nitrogens with zero attached hydrogens (tertiary/aromatic N) is 1. The maximum atomic E-state index is 9.64. The zero-order chi connectivity index (χ0) is 10.2. The third-order valence-corrected chi connectivity index (χ3v) is 2.49. The van der Waals surface area contributed by atoms with Gasteiger partial charge < -0.3 is 20.4 Å². The number of aliphatic hydroxyl groups excluding tert-OH is 3. The topological polar surface area (TPSA) is 93.4 Å². The van der Waals surface area contributed by atoms with Gasteiger partial charge in [0.1, 0.15) is 11.7 Å². The predicted molar refractivity (Wildman–Crippen MR) is 42.4 cm³/mol. The van der Waals surface area contributed by atoms with E-state index < -0.39 is 24.0 Å². The minimum atomic E-state index is -1.70. The Morgan fingerprint density at radius 2 is 2.08 bits per heavy atom. The summed E-state index contributed by atoms with van der Waals surface area (Å²) in [4.78, 5) is 4.65.